The fraction of sp³-hybridized carbons (Fsp3) is 0.368. The van der Waals surface area contributed by atoms with Crippen LogP contribution in [-0.4, -0.2) is 20.3 Å². The number of rotatable bonds is 9. The molecule has 0 radical (unpaired) electrons. The molecule has 0 saturated heterocycles. The van der Waals surface area contributed by atoms with Gasteiger partial charge in [0.05, 0.1) is 23.9 Å². The summed E-state index contributed by atoms with van der Waals surface area (Å²) in [7, 11) is 1.67. The first kappa shape index (κ1) is 18.7. The van der Waals surface area contributed by atoms with Gasteiger partial charge < -0.3 is 19.5 Å². The number of halogens is 1. The van der Waals surface area contributed by atoms with Gasteiger partial charge in [0.2, 0.25) is 0 Å². The largest absolute Gasteiger partial charge is 0.494 e. The second kappa shape index (κ2) is 9.61. The van der Waals surface area contributed by atoms with Crippen LogP contribution in [-0.2, 0) is 6.54 Å². The second-order valence-electron chi connectivity index (χ2n) is 5.27. The van der Waals surface area contributed by atoms with Gasteiger partial charge >= 0.3 is 0 Å². The minimum atomic E-state index is 0.678. The van der Waals surface area contributed by atoms with E-state index in [9.17, 15) is 0 Å². The number of benzene rings is 2. The Kier molecular flexibility index (Phi) is 7.49. The highest BCUT2D eigenvalue weighted by Crippen LogP contribution is 2.34. The second-order valence-corrected chi connectivity index (χ2v) is 6.43. The molecule has 0 bridgehead atoms. The van der Waals surface area contributed by atoms with E-state index in [-0.39, 0.29) is 0 Å². The van der Waals surface area contributed by atoms with E-state index in [2.05, 4.69) is 40.9 Å². The van der Waals surface area contributed by atoms with Crippen molar-refractivity contribution in [2.45, 2.75) is 26.8 Å². The predicted molar refractivity (Wildman–Crippen MR) is 106 cm³/mol. The smallest absolute Gasteiger partial charge is 0.174 e. The first-order valence-corrected chi connectivity index (χ1v) is 9.21. The van der Waals surface area contributed by atoms with E-state index in [0.717, 1.165) is 38.5 Å². The van der Waals surface area contributed by atoms with Gasteiger partial charge in [-0.15, -0.1) is 0 Å². The maximum Gasteiger partial charge on any atom is 0.174 e. The molecule has 0 amide bonds. The summed E-state index contributed by atoms with van der Waals surface area (Å²) in [5.74, 6) is 2.49. The summed E-state index contributed by atoms with van der Waals surface area (Å²) in [6.45, 7) is 6.16. The Hall–Kier alpha value is -1.63. The van der Waals surface area contributed by atoms with Gasteiger partial charge in [0.15, 0.2) is 11.5 Å². The molecular formula is C19H24INO3. The summed E-state index contributed by atoms with van der Waals surface area (Å²) in [6.07, 6.45) is 0.973. The van der Waals surface area contributed by atoms with E-state index >= 15 is 0 Å². The molecule has 0 spiro atoms. The van der Waals surface area contributed by atoms with Crippen LogP contribution in [0.3, 0.4) is 0 Å². The van der Waals surface area contributed by atoms with Crippen molar-refractivity contribution in [1.29, 1.82) is 0 Å². The zero-order valence-corrected chi connectivity index (χ0v) is 16.6. The van der Waals surface area contributed by atoms with Crippen LogP contribution in [0, 0.1) is 3.57 Å². The molecule has 2 aromatic rings. The van der Waals surface area contributed by atoms with Crippen LogP contribution in [0.25, 0.3) is 0 Å². The fourth-order valence-electron chi connectivity index (χ4n) is 2.26. The third-order valence-corrected chi connectivity index (χ3v) is 4.20. The average Bonchev–Trinajstić information content (AvgIpc) is 2.60. The van der Waals surface area contributed by atoms with E-state index in [4.69, 9.17) is 14.2 Å². The van der Waals surface area contributed by atoms with Gasteiger partial charge in [-0.1, -0.05) is 6.92 Å². The van der Waals surface area contributed by atoms with Crippen molar-refractivity contribution in [2.24, 2.45) is 0 Å². The lowest BCUT2D eigenvalue weighted by Gasteiger charge is -2.15. The first-order chi connectivity index (χ1) is 11.7. The molecular weight excluding hydrogens is 417 g/mol. The summed E-state index contributed by atoms with van der Waals surface area (Å²) in [5.41, 5.74) is 2.20. The highest BCUT2D eigenvalue weighted by molar-refractivity contribution is 14.1. The number of nitrogens with one attached hydrogen (secondary N) is 1. The Morgan fingerprint density at radius 1 is 1.04 bits per heavy atom. The fourth-order valence-corrected chi connectivity index (χ4v) is 3.08. The average molecular weight is 441 g/mol. The molecule has 0 aliphatic carbocycles. The summed E-state index contributed by atoms with van der Waals surface area (Å²) < 4.78 is 17.8. The minimum Gasteiger partial charge on any atom is -0.494 e. The Balaban J connectivity index is 2.05. The Labute approximate surface area is 157 Å². The highest BCUT2D eigenvalue weighted by Gasteiger charge is 2.11. The predicted octanol–water partition coefficient (Wildman–Crippen LogP) is 5.10. The Morgan fingerprint density at radius 2 is 1.79 bits per heavy atom. The maximum absolute atomic E-state index is 5.80. The molecule has 5 heteroatoms. The van der Waals surface area contributed by atoms with Crippen molar-refractivity contribution in [1.82, 2.24) is 0 Å². The molecule has 1 N–H and O–H groups in total. The topological polar surface area (TPSA) is 39.7 Å². The molecule has 0 atom stereocenters. The summed E-state index contributed by atoms with van der Waals surface area (Å²) in [5, 5.41) is 3.42. The van der Waals surface area contributed by atoms with Crippen molar-refractivity contribution in [2.75, 3.05) is 25.6 Å². The van der Waals surface area contributed by atoms with E-state index in [1.54, 1.807) is 7.11 Å². The van der Waals surface area contributed by atoms with Crippen LogP contribution >= 0.6 is 22.6 Å². The molecule has 0 fully saturated rings. The zero-order chi connectivity index (χ0) is 17.4. The molecule has 0 aromatic heterocycles. The van der Waals surface area contributed by atoms with Crippen LogP contribution in [0.5, 0.6) is 17.2 Å². The lowest BCUT2D eigenvalue weighted by atomic mass is 10.2. The van der Waals surface area contributed by atoms with Crippen LogP contribution in [0.4, 0.5) is 5.69 Å². The number of hydrogen-bond acceptors (Lipinski definition) is 4. The molecule has 24 heavy (non-hydrogen) atoms. The van der Waals surface area contributed by atoms with Crippen molar-refractivity contribution in [3.05, 3.63) is 45.5 Å². The number of ether oxygens (including phenoxy) is 3. The number of hydrogen-bond donors (Lipinski definition) is 1. The van der Waals surface area contributed by atoms with Crippen LogP contribution in [0.2, 0.25) is 0 Å². The minimum absolute atomic E-state index is 0.678. The summed E-state index contributed by atoms with van der Waals surface area (Å²) in [4.78, 5) is 0. The quantitative estimate of drug-likeness (QED) is 0.550. The van der Waals surface area contributed by atoms with Crippen molar-refractivity contribution >= 4 is 28.3 Å². The van der Waals surface area contributed by atoms with E-state index in [1.807, 2.05) is 37.3 Å². The van der Waals surface area contributed by atoms with Crippen molar-refractivity contribution in [3.8, 4) is 17.2 Å². The summed E-state index contributed by atoms with van der Waals surface area (Å²) in [6, 6.07) is 12.1. The Morgan fingerprint density at radius 3 is 2.42 bits per heavy atom. The monoisotopic (exact) mass is 441 g/mol. The molecule has 0 unspecified atom stereocenters. The van der Waals surface area contributed by atoms with Gasteiger partial charge in [-0.25, -0.2) is 0 Å². The van der Waals surface area contributed by atoms with Gasteiger partial charge in [0.25, 0.3) is 0 Å². The molecule has 0 aliphatic heterocycles. The highest BCUT2D eigenvalue weighted by atomic mass is 127. The first-order valence-electron chi connectivity index (χ1n) is 8.13. The summed E-state index contributed by atoms with van der Waals surface area (Å²) >= 11 is 2.29. The maximum atomic E-state index is 5.80. The lowest BCUT2D eigenvalue weighted by molar-refractivity contribution is 0.292. The number of methoxy groups -OCH3 is 1. The lowest BCUT2D eigenvalue weighted by Crippen LogP contribution is -2.04. The van der Waals surface area contributed by atoms with Crippen LogP contribution in [0.1, 0.15) is 25.8 Å². The van der Waals surface area contributed by atoms with Crippen molar-refractivity contribution < 1.29 is 14.2 Å². The molecule has 2 aromatic carbocycles. The molecule has 2 rings (SSSR count). The van der Waals surface area contributed by atoms with E-state index < -0.39 is 0 Å². The molecule has 0 heterocycles. The van der Waals surface area contributed by atoms with Gasteiger partial charge in [-0.05, 0) is 77.9 Å². The standard InChI is InChI=1S/C19H24INO3/c1-4-10-24-19-17(20)11-14(12-18(19)22-3)13-21-15-6-8-16(9-7-15)23-5-2/h6-9,11-12,21H,4-5,10,13H2,1-3H3. The van der Waals surface area contributed by atoms with E-state index in [1.165, 1.54) is 0 Å². The van der Waals surface area contributed by atoms with Gasteiger partial charge in [0, 0.05) is 12.2 Å². The molecule has 0 saturated carbocycles. The third-order valence-electron chi connectivity index (χ3n) is 3.40. The molecule has 130 valence electrons. The third kappa shape index (κ3) is 5.19. The van der Waals surface area contributed by atoms with Crippen LogP contribution < -0.4 is 19.5 Å². The van der Waals surface area contributed by atoms with E-state index in [0.29, 0.717) is 19.8 Å². The van der Waals surface area contributed by atoms with Gasteiger partial charge in [0.1, 0.15) is 5.75 Å². The zero-order valence-electron chi connectivity index (χ0n) is 14.4. The van der Waals surface area contributed by atoms with Crippen molar-refractivity contribution in [3.63, 3.8) is 0 Å². The van der Waals surface area contributed by atoms with Crippen LogP contribution in [0.15, 0.2) is 36.4 Å². The molecule has 0 aliphatic rings. The van der Waals surface area contributed by atoms with Gasteiger partial charge in [-0.2, -0.15) is 0 Å². The Bertz CT molecular complexity index is 644. The SMILES string of the molecule is CCCOc1c(I)cc(CNc2ccc(OCC)cc2)cc1OC. The number of anilines is 1. The van der Waals surface area contributed by atoms with Gasteiger partial charge in [-0.3, -0.25) is 0 Å². The molecule has 4 nitrogen and oxygen atoms in total. The normalized spacial score (nSPS) is 10.3.